The molecule has 1 heterocycles. The van der Waals surface area contributed by atoms with E-state index in [1.165, 1.54) is 40.7 Å². The van der Waals surface area contributed by atoms with E-state index in [4.69, 9.17) is 11.6 Å². The number of carbonyl (C=O) groups is 1. The molecule has 1 aliphatic heterocycles. The first-order valence-electron chi connectivity index (χ1n) is 11.8. The highest BCUT2D eigenvalue weighted by atomic mass is 35.5. The molecule has 37 heavy (non-hydrogen) atoms. The quantitative estimate of drug-likeness (QED) is 0.394. The average Bonchev–Trinajstić information content (AvgIpc) is 3.44. The molecule has 0 saturated carbocycles. The molecule has 3 aromatic rings. The van der Waals surface area contributed by atoms with Crippen LogP contribution < -0.4 is 10.0 Å². The summed E-state index contributed by atoms with van der Waals surface area (Å²) < 4.78 is 55.4. The van der Waals surface area contributed by atoms with Gasteiger partial charge in [-0.15, -0.1) is 0 Å². The molecule has 0 bridgehead atoms. The Balaban J connectivity index is 1.46. The molecule has 1 unspecified atom stereocenters. The summed E-state index contributed by atoms with van der Waals surface area (Å²) in [6, 6.07) is 20.1. The van der Waals surface area contributed by atoms with Crippen molar-refractivity contribution in [1.82, 2.24) is 14.3 Å². The Kier molecular flexibility index (Phi) is 8.66. The van der Waals surface area contributed by atoms with Gasteiger partial charge in [-0.25, -0.2) is 16.8 Å². The molecule has 1 saturated heterocycles. The van der Waals surface area contributed by atoms with Crippen LogP contribution in [0.5, 0.6) is 0 Å². The molecule has 0 spiro atoms. The molecule has 8 nitrogen and oxygen atoms in total. The second-order valence-electron chi connectivity index (χ2n) is 8.79. The third-order valence-corrected chi connectivity index (χ3v) is 9.77. The molecule has 0 radical (unpaired) electrons. The molecule has 11 heteroatoms. The zero-order chi connectivity index (χ0) is 26.5. The van der Waals surface area contributed by atoms with Crippen LogP contribution in [0.4, 0.5) is 0 Å². The van der Waals surface area contributed by atoms with E-state index in [0.29, 0.717) is 23.7 Å². The number of nitrogens with one attached hydrogen (secondary N) is 2. The van der Waals surface area contributed by atoms with Gasteiger partial charge in [0.25, 0.3) is 0 Å². The lowest BCUT2D eigenvalue weighted by Gasteiger charge is -2.19. The Morgan fingerprint density at radius 2 is 1.41 bits per heavy atom. The lowest BCUT2D eigenvalue weighted by Crippen LogP contribution is -2.47. The van der Waals surface area contributed by atoms with E-state index in [1.54, 1.807) is 12.1 Å². The number of sulfonamides is 2. The fourth-order valence-electron chi connectivity index (χ4n) is 4.08. The number of halogens is 1. The molecule has 0 aromatic heterocycles. The molecule has 196 valence electrons. The summed E-state index contributed by atoms with van der Waals surface area (Å²) in [6.45, 7) is 1.15. The van der Waals surface area contributed by atoms with Crippen LogP contribution in [0.3, 0.4) is 0 Å². The smallest absolute Gasteiger partial charge is 0.243 e. The lowest BCUT2D eigenvalue weighted by atomic mass is 10.1. The van der Waals surface area contributed by atoms with Crippen LogP contribution in [-0.4, -0.2) is 46.2 Å². The summed E-state index contributed by atoms with van der Waals surface area (Å²) in [4.78, 5) is 13.3. The standard InChI is InChI=1S/C26H28ClN3O5S2/c27-22-10-14-23(15-11-22)36(32,33)29-25(18-20-6-2-1-3-7-20)26(31)28-19-21-8-12-24(13-9-21)37(34,35)30-16-4-5-17-30/h1-3,6-15,25,29H,4-5,16-19H2,(H,28,31). The predicted octanol–water partition coefficient (Wildman–Crippen LogP) is 3.33. The van der Waals surface area contributed by atoms with E-state index >= 15 is 0 Å². The molecule has 1 amide bonds. The first kappa shape index (κ1) is 27.3. The van der Waals surface area contributed by atoms with Gasteiger partial charge in [0.05, 0.1) is 9.79 Å². The average molecular weight is 562 g/mol. The maximum atomic E-state index is 13.1. The van der Waals surface area contributed by atoms with Crippen LogP contribution >= 0.6 is 11.6 Å². The highest BCUT2D eigenvalue weighted by Crippen LogP contribution is 2.21. The van der Waals surface area contributed by atoms with Crippen LogP contribution in [0.15, 0.2) is 88.7 Å². The summed E-state index contributed by atoms with van der Waals surface area (Å²) in [5, 5.41) is 3.17. The molecule has 1 fully saturated rings. The maximum Gasteiger partial charge on any atom is 0.243 e. The number of carbonyl (C=O) groups excluding carboxylic acids is 1. The number of nitrogens with zero attached hydrogens (tertiary/aromatic N) is 1. The highest BCUT2D eigenvalue weighted by molar-refractivity contribution is 7.89. The number of hydrogen-bond donors (Lipinski definition) is 2. The molecule has 3 aromatic carbocycles. The predicted molar refractivity (Wildman–Crippen MR) is 142 cm³/mol. The van der Waals surface area contributed by atoms with E-state index in [0.717, 1.165) is 18.4 Å². The first-order chi connectivity index (χ1) is 17.6. The minimum absolute atomic E-state index is 0.00226. The molecular weight excluding hydrogens is 534 g/mol. The van der Waals surface area contributed by atoms with Crippen molar-refractivity contribution in [2.75, 3.05) is 13.1 Å². The van der Waals surface area contributed by atoms with Gasteiger partial charge in [0.2, 0.25) is 26.0 Å². The monoisotopic (exact) mass is 561 g/mol. The highest BCUT2D eigenvalue weighted by Gasteiger charge is 2.28. The summed E-state index contributed by atoms with van der Waals surface area (Å²) in [5.41, 5.74) is 1.48. The SMILES string of the molecule is O=C(NCc1ccc(S(=O)(=O)N2CCCC2)cc1)C(Cc1ccccc1)NS(=O)(=O)c1ccc(Cl)cc1. The van der Waals surface area contributed by atoms with E-state index in [1.807, 2.05) is 30.3 Å². The van der Waals surface area contributed by atoms with Gasteiger partial charge in [0.15, 0.2) is 0 Å². The van der Waals surface area contributed by atoms with Gasteiger partial charge in [-0.2, -0.15) is 9.03 Å². The number of benzene rings is 3. The van der Waals surface area contributed by atoms with E-state index < -0.39 is 32.0 Å². The fourth-order valence-corrected chi connectivity index (χ4v) is 6.91. The van der Waals surface area contributed by atoms with Gasteiger partial charge >= 0.3 is 0 Å². The van der Waals surface area contributed by atoms with Gasteiger partial charge in [0, 0.05) is 24.7 Å². The summed E-state index contributed by atoms with van der Waals surface area (Å²) in [7, 11) is -7.52. The topological polar surface area (TPSA) is 113 Å². The first-order valence-corrected chi connectivity index (χ1v) is 15.1. The minimum atomic E-state index is -4.00. The molecule has 0 aliphatic carbocycles. The van der Waals surface area contributed by atoms with E-state index in [9.17, 15) is 21.6 Å². The van der Waals surface area contributed by atoms with Crippen molar-refractivity contribution < 1.29 is 21.6 Å². The van der Waals surface area contributed by atoms with Crippen LogP contribution in [0, 0.1) is 0 Å². The number of hydrogen-bond acceptors (Lipinski definition) is 5. The second-order valence-corrected chi connectivity index (χ2v) is 12.9. The normalized spacial score (nSPS) is 15.4. The van der Waals surface area contributed by atoms with Gasteiger partial charge in [-0.1, -0.05) is 54.1 Å². The molecular formula is C26H28ClN3O5S2. The van der Waals surface area contributed by atoms with Crippen molar-refractivity contribution in [3.8, 4) is 0 Å². The van der Waals surface area contributed by atoms with Crippen LogP contribution in [0.1, 0.15) is 24.0 Å². The lowest BCUT2D eigenvalue weighted by molar-refractivity contribution is -0.122. The van der Waals surface area contributed by atoms with Gasteiger partial charge in [0.1, 0.15) is 6.04 Å². The van der Waals surface area contributed by atoms with Crippen molar-refractivity contribution >= 4 is 37.6 Å². The minimum Gasteiger partial charge on any atom is -0.351 e. The van der Waals surface area contributed by atoms with Crippen molar-refractivity contribution in [2.45, 2.75) is 41.6 Å². The number of rotatable bonds is 10. The van der Waals surface area contributed by atoms with Crippen molar-refractivity contribution in [3.63, 3.8) is 0 Å². The van der Waals surface area contributed by atoms with Gasteiger partial charge in [-0.3, -0.25) is 4.79 Å². The molecule has 4 rings (SSSR count). The summed E-state index contributed by atoms with van der Waals surface area (Å²) >= 11 is 5.88. The van der Waals surface area contributed by atoms with Crippen LogP contribution in [0.2, 0.25) is 5.02 Å². The third-order valence-electron chi connectivity index (χ3n) is 6.11. The Morgan fingerprint density at radius 1 is 0.811 bits per heavy atom. The van der Waals surface area contributed by atoms with E-state index in [2.05, 4.69) is 10.0 Å². The van der Waals surface area contributed by atoms with Crippen molar-refractivity contribution in [1.29, 1.82) is 0 Å². The van der Waals surface area contributed by atoms with E-state index in [-0.39, 0.29) is 22.8 Å². The largest absolute Gasteiger partial charge is 0.351 e. The zero-order valence-electron chi connectivity index (χ0n) is 20.0. The Bertz CT molecular complexity index is 1420. The fraction of sp³-hybridized carbons (Fsp3) is 0.269. The van der Waals surface area contributed by atoms with Crippen molar-refractivity contribution in [2.24, 2.45) is 0 Å². The Morgan fingerprint density at radius 3 is 2.03 bits per heavy atom. The summed E-state index contributed by atoms with van der Waals surface area (Å²) in [6.07, 6.45) is 1.86. The third kappa shape index (κ3) is 6.97. The number of amides is 1. The van der Waals surface area contributed by atoms with Crippen molar-refractivity contribution in [3.05, 3.63) is 95.0 Å². The molecule has 2 N–H and O–H groups in total. The molecule has 1 aliphatic rings. The maximum absolute atomic E-state index is 13.1. The molecule has 1 atom stereocenters. The second kappa shape index (κ2) is 11.7. The summed E-state index contributed by atoms with van der Waals surface area (Å²) in [5.74, 6) is -0.504. The van der Waals surface area contributed by atoms with Crippen LogP contribution in [-0.2, 0) is 37.8 Å². The Labute approximate surface area is 222 Å². The zero-order valence-corrected chi connectivity index (χ0v) is 22.4. The Hall–Kier alpha value is -2.76. The van der Waals surface area contributed by atoms with Gasteiger partial charge < -0.3 is 5.32 Å². The van der Waals surface area contributed by atoms with Crippen LogP contribution in [0.25, 0.3) is 0 Å². The van der Waals surface area contributed by atoms with Gasteiger partial charge in [-0.05, 0) is 66.8 Å².